The molecule has 1 atom stereocenters. The zero-order valence-electron chi connectivity index (χ0n) is 7.64. The molecule has 2 aromatic rings. The molecule has 1 aromatic carbocycles. The predicted molar refractivity (Wildman–Crippen MR) is 53.4 cm³/mol. The minimum atomic E-state index is 0.142. The fourth-order valence-corrected chi connectivity index (χ4v) is 1.44. The fourth-order valence-electron chi connectivity index (χ4n) is 1.44. The number of para-hydroxylation sites is 1. The topological polar surface area (TPSA) is 43.8 Å². The second-order valence-corrected chi connectivity index (χ2v) is 3.36. The molecule has 0 saturated carbocycles. The van der Waals surface area contributed by atoms with Gasteiger partial charge in [0.15, 0.2) is 0 Å². The van der Waals surface area contributed by atoms with E-state index >= 15 is 0 Å². The van der Waals surface area contributed by atoms with Crippen LogP contribution in [0.3, 0.4) is 0 Å². The summed E-state index contributed by atoms with van der Waals surface area (Å²) in [5, 5.41) is 5.44. The van der Waals surface area contributed by atoms with Gasteiger partial charge in [-0.3, -0.25) is 4.68 Å². The van der Waals surface area contributed by atoms with Crippen LogP contribution in [-0.2, 0) is 6.54 Å². The minimum absolute atomic E-state index is 0.142. The van der Waals surface area contributed by atoms with Crippen LogP contribution in [0, 0.1) is 0 Å². The van der Waals surface area contributed by atoms with Crippen molar-refractivity contribution in [3.63, 3.8) is 0 Å². The Morgan fingerprint density at radius 1 is 1.46 bits per heavy atom. The Kier molecular flexibility index (Phi) is 2.02. The molecule has 2 N–H and O–H groups in total. The Labute approximate surface area is 77.2 Å². The van der Waals surface area contributed by atoms with Gasteiger partial charge in [-0.1, -0.05) is 18.2 Å². The summed E-state index contributed by atoms with van der Waals surface area (Å²) in [6, 6.07) is 8.29. The van der Waals surface area contributed by atoms with Crippen molar-refractivity contribution < 1.29 is 0 Å². The maximum Gasteiger partial charge on any atom is 0.0683 e. The van der Waals surface area contributed by atoms with E-state index in [-0.39, 0.29) is 6.04 Å². The van der Waals surface area contributed by atoms with E-state index in [9.17, 15) is 0 Å². The average molecular weight is 175 g/mol. The van der Waals surface area contributed by atoms with E-state index in [1.54, 1.807) is 0 Å². The molecule has 3 nitrogen and oxygen atoms in total. The summed E-state index contributed by atoms with van der Waals surface area (Å²) in [6.07, 6.45) is 1.87. The summed E-state index contributed by atoms with van der Waals surface area (Å²) in [4.78, 5) is 0. The lowest BCUT2D eigenvalue weighted by Gasteiger charge is -2.05. The van der Waals surface area contributed by atoms with Gasteiger partial charge in [-0.25, -0.2) is 0 Å². The summed E-state index contributed by atoms with van der Waals surface area (Å²) in [7, 11) is 0. The van der Waals surface area contributed by atoms with Gasteiger partial charge < -0.3 is 5.73 Å². The first-order valence-electron chi connectivity index (χ1n) is 4.43. The average Bonchev–Trinajstić information content (AvgIpc) is 2.48. The highest BCUT2D eigenvalue weighted by Crippen LogP contribution is 2.12. The summed E-state index contributed by atoms with van der Waals surface area (Å²) in [6.45, 7) is 2.75. The molecule has 1 aromatic heterocycles. The third-order valence-electron chi connectivity index (χ3n) is 2.01. The lowest BCUT2D eigenvalue weighted by Crippen LogP contribution is -2.22. The molecular weight excluding hydrogens is 162 g/mol. The molecule has 0 aliphatic carbocycles. The van der Waals surface area contributed by atoms with Crippen molar-refractivity contribution in [2.45, 2.75) is 19.5 Å². The van der Waals surface area contributed by atoms with Crippen molar-refractivity contribution >= 4 is 10.9 Å². The van der Waals surface area contributed by atoms with Gasteiger partial charge in [0.2, 0.25) is 0 Å². The smallest absolute Gasteiger partial charge is 0.0683 e. The van der Waals surface area contributed by atoms with Crippen molar-refractivity contribution in [2.24, 2.45) is 5.73 Å². The van der Waals surface area contributed by atoms with Gasteiger partial charge in [-0.15, -0.1) is 0 Å². The third-order valence-corrected chi connectivity index (χ3v) is 2.01. The Balaban J connectivity index is 2.46. The molecule has 0 amide bonds. The molecule has 13 heavy (non-hydrogen) atoms. The third kappa shape index (κ3) is 1.55. The number of aromatic nitrogens is 2. The molecule has 3 heteroatoms. The predicted octanol–water partition coefficient (Wildman–Crippen LogP) is 1.38. The summed E-state index contributed by atoms with van der Waals surface area (Å²) >= 11 is 0. The van der Waals surface area contributed by atoms with Crippen LogP contribution in [0.1, 0.15) is 6.92 Å². The van der Waals surface area contributed by atoms with E-state index in [2.05, 4.69) is 17.2 Å². The molecule has 1 unspecified atom stereocenters. The van der Waals surface area contributed by atoms with Gasteiger partial charge >= 0.3 is 0 Å². The van der Waals surface area contributed by atoms with Crippen molar-refractivity contribution in [3.05, 3.63) is 30.5 Å². The van der Waals surface area contributed by atoms with E-state index < -0.39 is 0 Å². The molecule has 0 aliphatic rings. The molecule has 0 fully saturated rings. The number of fused-ring (bicyclic) bond motifs is 1. The highest BCUT2D eigenvalue weighted by atomic mass is 15.3. The van der Waals surface area contributed by atoms with Crippen LogP contribution in [0.2, 0.25) is 0 Å². The van der Waals surface area contributed by atoms with Gasteiger partial charge in [0.05, 0.1) is 18.3 Å². The van der Waals surface area contributed by atoms with Crippen molar-refractivity contribution in [2.75, 3.05) is 0 Å². The van der Waals surface area contributed by atoms with E-state index in [4.69, 9.17) is 5.73 Å². The van der Waals surface area contributed by atoms with Crippen LogP contribution >= 0.6 is 0 Å². The quantitative estimate of drug-likeness (QED) is 0.749. The maximum atomic E-state index is 5.71. The second kappa shape index (κ2) is 3.18. The highest BCUT2D eigenvalue weighted by Gasteiger charge is 2.02. The molecule has 2 rings (SSSR count). The van der Waals surface area contributed by atoms with Crippen LogP contribution in [0.4, 0.5) is 0 Å². The van der Waals surface area contributed by atoms with Gasteiger partial charge in [0.1, 0.15) is 0 Å². The van der Waals surface area contributed by atoms with Gasteiger partial charge in [-0.05, 0) is 13.0 Å². The lowest BCUT2D eigenvalue weighted by molar-refractivity contribution is 0.553. The van der Waals surface area contributed by atoms with Crippen LogP contribution in [0.5, 0.6) is 0 Å². The second-order valence-electron chi connectivity index (χ2n) is 3.36. The molecule has 68 valence electrons. The lowest BCUT2D eigenvalue weighted by atomic mass is 10.2. The monoisotopic (exact) mass is 175 g/mol. The van der Waals surface area contributed by atoms with Gasteiger partial charge in [0.25, 0.3) is 0 Å². The molecule has 0 aliphatic heterocycles. The molecule has 1 heterocycles. The zero-order chi connectivity index (χ0) is 9.26. The first kappa shape index (κ1) is 8.26. The van der Waals surface area contributed by atoms with Crippen molar-refractivity contribution in [3.8, 4) is 0 Å². The molecule has 0 radical (unpaired) electrons. The minimum Gasteiger partial charge on any atom is -0.326 e. The van der Waals surface area contributed by atoms with Crippen LogP contribution < -0.4 is 5.73 Å². The molecule has 0 bridgehead atoms. The van der Waals surface area contributed by atoms with E-state index in [0.29, 0.717) is 0 Å². The first-order chi connectivity index (χ1) is 6.27. The Hall–Kier alpha value is -1.35. The van der Waals surface area contributed by atoms with Crippen molar-refractivity contribution in [1.82, 2.24) is 9.78 Å². The Bertz CT molecular complexity index is 403. The number of nitrogens with zero attached hydrogens (tertiary/aromatic N) is 2. The van der Waals surface area contributed by atoms with Gasteiger partial charge in [-0.2, -0.15) is 5.10 Å². The summed E-state index contributed by atoms with van der Waals surface area (Å²) in [5.74, 6) is 0. The van der Waals surface area contributed by atoms with E-state index in [1.165, 1.54) is 5.39 Å². The first-order valence-corrected chi connectivity index (χ1v) is 4.43. The van der Waals surface area contributed by atoms with E-state index in [1.807, 2.05) is 29.9 Å². The maximum absolute atomic E-state index is 5.71. The number of benzene rings is 1. The number of hydrogen-bond acceptors (Lipinski definition) is 2. The Morgan fingerprint density at radius 2 is 2.23 bits per heavy atom. The largest absolute Gasteiger partial charge is 0.326 e. The fraction of sp³-hybridized carbons (Fsp3) is 0.300. The van der Waals surface area contributed by atoms with Gasteiger partial charge in [0, 0.05) is 11.4 Å². The zero-order valence-corrected chi connectivity index (χ0v) is 7.64. The number of nitrogens with two attached hydrogens (primary N) is 1. The SMILES string of the molecule is CC(N)Cn1ncc2ccccc21. The van der Waals surface area contributed by atoms with Crippen LogP contribution in [0.15, 0.2) is 30.5 Å². The summed E-state index contributed by atoms with van der Waals surface area (Å²) in [5.41, 5.74) is 6.87. The molecular formula is C10H13N3. The number of rotatable bonds is 2. The molecule has 0 spiro atoms. The van der Waals surface area contributed by atoms with Crippen molar-refractivity contribution in [1.29, 1.82) is 0 Å². The number of hydrogen-bond donors (Lipinski definition) is 1. The van der Waals surface area contributed by atoms with E-state index in [0.717, 1.165) is 12.1 Å². The molecule has 0 saturated heterocycles. The summed E-state index contributed by atoms with van der Waals surface area (Å²) < 4.78 is 1.94. The highest BCUT2D eigenvalue weighted by molar-refractivity contribution is 5.78. The standard InChI is InChI=1S/C10H13N3/c1-8(11)7-13-10-5-3-2-4-9(10)6-12-13/h2-6,8H,7,11H2,1H3. The Morgan fingerprint density at radius 3 is 3.00 bits per heavy atom. The van der Waals surface area contributed by atoms with Crippen LogP contribution in [-0.4, -0.2) is 15.8 Å². The normalized spacial score (nSPS) is 13.4. The van der Waals surface area contributed by atoms with Crippen LogP contribution in [0.25, 0.3) is 10.9 Å².